The summed E-state index contributed by atoms with van der Waals surface area (Å²) in [5.41, 5.74) is 1.20. The fourth-order valence-corrected chi connectivity index (χ4v) is 3.32. The lowest BCUT2D eigenvalue weighted by molar-refractivity contribution is 0.667. The van der Waals surface area contributed by atoms with E-state index in [1.165, 1.54) is 36.1 Å². The molecule has 0 saturated heterocycles. The summed E-state index contributed by atoms with van der Waals surface area (Å²) in [6.07, 6.45) is 5.11. The van der Waals surface area contributed by atoms with Gasteiger partial charge in [0.25, 0.3) is 0 Å². The molecule has 0 N–H and O–H groups in total. The van der Waals surface area contributed by atoms with Crippen molar-refractivity contribution in [3.63, 3.8) is 0 Å². The van der Waals surface area contributed by atoms with Gasteiger partial charge in [0.05, 0.1) is 4.34 Å². The van der Waals surface area contributed by atoms with E-state index in [0.29, 0.717) is 4.83 Å². The van der Waals surface area contributed by atoms with Crippen LogP contribution >= 0.6 is 38.9 Å². The number of halogens is 2. The van der Waals surface area contributed by atoms with E-state index in [-0.39, 0.29) is 0 Å². The van der Waals surface area contributed by atoms with Crippen LogP contribution in [0.5, 0.6) is 0 Å². The molecule has 0 aliphatic rings. The number of aryl methyl sites for hydroxylation is 1. The van der Waals surface area contributed by atoms with Gasteiger partial charge in [0.1, 0.15) is 0 Å². The van der Waals surface area contributed by atoms with E-state index in [1.807, 2.05) is 0 Å². The summed E-state index contributed by atoms with van der Waals surface area (Å²) in [7, 11) is 0. The van der Waals surface area contributed by atoms with Gasteiger partial charge < -0.3 is 0 Å². The van der Waals surface area contributed by atoms with Gasteiger partial charge in [-0.15, -0.1) is 11.3 Å². The maximum atomic E-state index is 6.03. The predicted molar refractivity (Wildman–Crippen MR) is 69.9 cm³/mol. The molecular formula is C11H16BrClS. The van der Waals surface area contributed by atoms with Crippen LogP contribution in [0.25, 0.3) is 0 Å². The fraction of sp³-hybridized carbons (Fsp3) is 0.636. The van der Waals surface area contributed by atoms with Gasteiger partial charge in [0.15, 0.2) is 0 Å². The highest BCUT2D eigenvalue weighted by Gasteiger charge is 2.11. The number of unbranched alkanes of at least 4 members (excludes halogenated alkanes) is 2. The molecule has 0 amide bonds. The highest BCUT2D eigenvalue weighted by molar-refractivity contribution is 9.09. The van der Waals surface area contributed by atoms with Crippen LogP contribution in [0.15, 0.2) is 6.07 Å². The van der Waals surface area contributed by atoms with Crippen LogP contribution in [0.2, 0.25) is 4.34 Å². The van der Waals surface area contributed by atoms with Crippen LogP contribution in [0.3, 0.4) is 0 Å². The lowest BCUT2D eigenvalue weighted by Gasteiger charge is -2.05. The van der Waals surface area contributed by atoms with E-state index in [0.717, 1.165) is 4.34 Å². The van der Waals surface area contributed by atoms with Crippen LogP contribution in [-0.2, 0) is 0 Å². The molecule has 1 atom stereocenters. The standard InChI is InChI=1S/C11H16BrClS/c1-3-4-5-6-9(12)10-7-8(2)11(13)14-10/h7,9H,3-6H2,1-2H3. The van der Waals surface area contributed by atoms with Crippen LogP contribution < -0.4 is 0 Å². The highest BCUT2D eigenvalue weighted by Crippen LogP contribution is 2.37. The van der Waals surface area contributed by atoms with Gasteiger partial charge in [0.2, 0.25) is 0 Å². The third-order valence-corrected chi connectivity index (χ3v) is 5.17. The second-order valence-corrected chi connectivity index (χ2v) is 6.36. The Balaban J connectivity index is 2.47. The van der Waals surface area contributed by atoms with E-state index >= 15 is 0 Å². The smallest absolute Gasteiger partial charge is 0.0960 e. The third-order valence-electron chi connectivity index (χ3n) is 2.25. The molecule has 0 fully saturated rings. The molecule has 0 spiro atoms. The first kappa shape index (κ1) is 12.5. The molecule has 1 heterocycles. The summed E-state index contributed by atoms with van der Waals surface area (Å²) in [5, 5.41) is 0. The van der Waals surface area contributed by atoms with Crippen molar-refractivity contribution in [2.75, 3.05) is 0 Å². The summed E-state index contributed by atoms with van der Waals surface area (Å²) in [4.78, 5) is 1.86. The molecule has 1 rings (SSSR count). The molecule has 0 saturated carbocycles. The average Bonchev–Trinajstić information content (AvgIpc) is 2.47. The molecule has 1 unspecified atom stereocenters. The van der Waals surface area contributed by atoms with Gasteiger partial charge in [-0.05, 0) is 25.0 Å². The van der Waals surface area contributed by atoms with E-state index in [1.54, 1.807) is 11.3 Å². The Morgan fingerprint density at radius 2 is 2.21 bits per heavy atom. The molecule has 0 nitrogen and oxygen atoms in total. The van der Waals surface area contributed by atoms with E-state index in [2.05, 4.69) is 35.8 Å². The van der Waals surface area contributed by atoms with Crippen LogP contribution in [0.1, 0.15) is 47.9 Å². The largest absolute Gasteiger partial charge is 0.127 e. The Morgan fingerprint density at radius 1 is 1.50 bits per heavy atom. The van der Waals surface area contributed by atoms with Crippen molar-refractivity contribution < 1.29 is 0 Å². The first-order valence-corrected chi connectivity index (χ1v) is 7.16. The van der Waals surface area contributed by atoms with Gasteiger partial charge in [-0.1, -0.05) is 53.7 Å². The molecule has 3 heteroatoms. The zero-order valence-corrected chi connectivity index (χ0v) is 11.8. The number of hydrogen-bond donors (Lipinski definition) is 0. The maximum Gasteiger partial charge on any atom is 0.0960 e. The molecule has 14 heavy (non-hydrogen) atoms. The first-order chi connectivity index (χ1) is 6.65. The number of alkyl halides is 1. The highest BCUT2D eigenvalue weighted by atomic mass is 79.9. The summed E-state index contributed by atoms with van der Waals surface area (Å²) >= 11 is 11.4. The first-order valence-electron chi connectivity index (χ1n) is 5.05. The molecule has 80 valence electrons. The van der Waals surface area contributed by atoms with Crippen molar-refractivity contribution in [2.24, 2.45) is 0 Å². The van der Waals surface area contributed by atoms with Crippen molar-refractivity contribution in [3.05, 3.63) is 20.8 Å². The average molecular weight is 296 g/mol. The zero-order chi connectivity index (χ0) is 10.6. The third kappa shape index (κ3) is 3.56. The minimum Gasteiger partial charge on any atom is -0.127 e. The Hall–Kier alpha value is 0.470. The summed E-state index contributed by atoms with van der Waals surface area (Å²) < 4.78 is 0.931. The summed E-state index contributed by atoms with van der Waals surface area (Å²) in [5.74, 6) is 0. The molecule has 1 aromatic rings. The van der Waals surface area contributed by atoms with Crippen LogP contribution in [-0.4, -0.2) is 0 Å². The lowest BCUT2D eigenvalue weighted by atomic mass is 10.1. The maximum absolute atomic E-state index is 6.03. The predicted octanol–water partition coefficient (Wildman–Crippen LogP) is 5.73. The molecule has 1 aromatic heterocycles. The van der Waals surface area contributed by atoms with Gasteiger partial charge in [0, 0.05) is 9.70 Å². The number of rotatable bonds is 5. The van der Waals surface area contributed by atoms with E-state index in [4.69, 9.17) is 11.6 Å². The minimum atomic E-state index is 0.491. The van der Waals surface area contributed by atoms with Crippen molar-refractivity contribution >= 4 is 38.9 Å². The van der Waals surface area contributed by atoms with Gasteiger partial charge >= 0.3 is 0 Å². The summed E-state index contributed by atoms with van der Waals surface area (Å²) in [6.45, 7) is 4.30. The van der Waals surface area contributed by atoms with Gasteiger partial charge in [-0.25, -0.2) is 0 Å². The second kappa shape index (κ2) is 6.14. The lowest BCUT2D eigenvalue weighted by Crippen LogP contribution is -1.85. The molecule has 0 radical (unpaired) electrons. The Labute approximate surface area is 104 Å². The molecule has 0 aliphatic heterocycles. The number of hydrogen-bond acceptors (Lipinski definition) is 1. The van der Waals surface area contributed by atoms with E-state index in [9.17, 15) is 0 Å². The normalized spacial score (nSPS) is 13.1. The molecular weight excluding hydrogens is 280 g/mol. The van der Waals surface area contributed by atoms with Crippen molar-refractivity contribution in [1.29, 1.82) is 0 Å². The quantitative estimate of drug-likeness (QED) is 0.481. The Kier molecular flexibility index (Phi) is 5.50. The van der Waals surface area contributed by atoms with Crippen LogP contribution in [0, 0.1) is 6.92 Å². The minimum absolute atomic E-state index is 0.491. The van der Waals surface area contributed by atoms with Crippen molar-refractivity contribution in [3.8, 4) is 0 Å². The fourth-order valence-electron chi connectivity index (χ4n) is 1.35. The van der Waals surface area contributed by atoms with Gasteiger partial charge in [-0.3, -0.25) is 0 Å². The topological polar surface area (TPSA) is 0 Å². The monoisotopic (exact) mass is 294 g/mol. The Bertz CT molecular complexity index is 263. The van der Waals surface area contributed by atoms with Crippen molar-refractivity contribution in [1.82, 2.24) is 0 Å². The number of thiophene rings is 1. The van der Waals surface area contributed by atoms with Gasteiger partial charge in [-0.2, -0.15) is 0 Å². The molecule has 0 bridgehead atoms. The Morgan fingerprint density at radius 3 is 2.71 bits per heavy atom. The van der Waals surface area contributed by atoms with Crippen molar-refractivity contribution in [2.45, 2.75) is 44.4 Å². The summed E-state index contributed by atoms with van der Waals surface area (Å²) in [6, 6.07) is 2.19. The molecule has 0 aromatic carbocycles. The zero-order valence-electron chi connectivity index (χ0n) is 8.65. The second-order valence-electron chi connectivity index (χ2n) is 3.57. The molecule has 0 aliphatic carbocycles. The van der Waals surface area contributed by atoms with Crippen LogP contribution in [0.4, 0.5) is 0 Å². The van der Waals surface area contributed by atoms with E-state index < -0.39 is 0 Å². The SMILES string of the molecule is CCCCCC(Br)c1cc(C)c(Cl)s1.